The summed E-state index contributed by atoms with van der Waals surface area (Å²) in [4.78, 5) is 31.5. The number of hydrogen-bond donors (Lipinski definition) is 2. The molecule has 1 aromatic carbocycles. The van der Waals surface area contributed by atoms with Gasteiger partial charge in [-0.15, -0.1) is 34.9 Å². The fraction of sp³-hybridized carbons (Fsp3) is 0.320. The van der Waals surface area contributed by atoms with Crippen molar-refractivity contribution in [2.75, 3.05) is 22.1 Å². The summed E-state index contributed by atoms with van der Waals surface area (Å²) >= 11 is 5.46. The van der Waals surface area contributed by atoms with Gasteiger partial charge in [0.15, 0.2) is 0 Å². The summed E-state index contributed by atoms with van der Waals surface area (Å²) in [6.45, 7) is 0. The minimum absolute atomic E-state index is 0.156. The van der Waals surface area contributed by atoms with E-state index in [0.717, 1.165) is 36.9 Å². The zero-order chi connectivity index (χ0) is 22.6. The van der Waals surface area contributed by atoms with Gasteiger partial charge in [0.2, 0.25) is 0 Å². The first-order chi connectivity index (χ1) is 16.2. The van der Waals surface area contributed by atoms with E-state index in [1.165, 1.54) is 45.9 Å². The number of hydrogen-bond acceptors (Lipinski definition) is 6. The molecule has 2 amide bonds. The zero-order valence-corrected chi connectivity index (χ0v) is 20.6. The molecule has 2 N–H and O–H groups in total. The fourth-order valence-electron chi connectivity index (χ4n) is 4.20. The summed E-state index contributed by atoms with van der Waals surface area (Å²) in [6.07, 6.45) is 8.42. The molecular formula is C25H25N3O2S3. The highest BCUT2D eigenvalue weighted by atomic mass is 32.2. The van der Waals surface area contributed by atoms with Crippen molar-refractivity contribution in [2.24, 2.45) is 0 Å². The number of rotatable bonds is 5. The Balaban J connectivity index is 1.40. The molecule has 0 unspecified atom stereocenters. The molecular weight excluding hydrogens is 470 g/mol. The van der Waals surface area contributed by atoms with Crippen LogP contribution < -0.4 is 10.6 Å². The highest BCUT2D eigenvalue weighted by molar-refractivity contribution is 8.16. The maximum atomic E-state index is 13.5. The smallest absolute Gasteiger partial charge is 0.258 e. The number of nitrogens with one attached hydrogen (secondary N) is 2. The molecule has 0 spiro atoms. The van der Waals surface area contributed by atoms with Crippen LogP contribution >= 0.6 is 34.9 Å². The second-order valence-corrected chi connectivity index (χ2v) is 11.9. The summed E-state index contributed by atoms with van der Waals surface area (Å²) in [5.74, 6) is 1.95. The minimum atomic E-state index is -0.246. The largest absolute Gasteiger partial charge is 0.322 e. The first-order valence-electron chi connectivity index (χ1n) is 11.2. The van der Waals surface area contributed by atoms with Crippen molar-refractivity contribution in [1.82, 2.24) is 4.98 Å². The Morgan fingerprint density at radius 3 is 2.61 bits per heavy atom. The van der Waals surface area contributed by atoms with Crippen molar-refractivity contribution in [1.29, 1.82) is 0 Å². The number of pyridine rings is 1. The Hall–Kier alpha value is -2.29. The van der Waals surface area contributed by atoms with E-state index in [1.54, 1.807) is 18.3 Å². The second kappa shape index (κ2) is 10.3. The van der Waals surface area contributed by atoms with Gasteiger partial charge < -0.3 is 10.6 Å². The fourth-order valence-corrected chi connectivity index (χ4v) is 8.36. The molecule has 2 aromatic heterocycles. The van der Waals surface area contributed by atoms with Gasteiger partial charge in [-0.3, -0.25) is 14.6 Å². The number of aryl methyl sites for hydroxylation is 1. The molecule has 5 nitrogen and oxygen atoms in total. The molecule has 0 atom stereocenters. The van der Waals surface area contributed by atoms with E-state index in [-0.39, 0.29) is 11.8 Å². The third-order valence-electron chi connectivity index (χ3n) is 5.79. The number of carbonyl (C=O) groups excluding carboxylic acids is 2. The number of fused-ring (bicyclic) bond motifs is 1. The van der Waals surface area contributed by atoms with Crippen LogP contribution in [0.2, 0.25) is 0 Å². The van der Waals surface area contributed by atoms with Gasteiger partial charge in [-0.2, -0.15) is 0 Å². The van der Waals surface area contributed by atoms with E-state index < -0.39 is 0 Å². The van der Waals surface area contributed by atoms with Gasteiger partial charge in [0.05, 0.1) is 15.7 Å². The van der Waals surface area contributed by atoms with Crippen LogP contribution in [0.1, 0.15) is 60.6 Å². The Labute approximate surface area is 206 Å². The van der Waals surface area contributed by atoms with Crippen LogP contribution in [-0.4, -0.2) is 28.3 Å². The Bertz CT molecular complexity index is 1160. The maximum absolute atomic E-state index is 13.5. The lowest BCUT2D eigenvalue weighted by Crippen LogP contribution is -2.18. The third kappa shape index (κ3) is 5.13. The highest BCUT2D eigenvalue weighted by Crippen LogP contribution is 2.44. The molecule has 1 aliphatic heterocycles. The number of carbonyl (C=O) groups is 2. The van der Waals surface area contributed by atoms with E-state index in [2.05, 4.69) is 27.8 Å². The highest BCUT2D eigenvalue weighted by Gasteiger charge is 2.27. The molecule has 0 bridgehead atoms. The Morgan fingerprint density at radius 2 is 1.79 bits per heavy atom. The van der Waals surface area contributed by atoms with Crippen LogP contribution in [0.5, 0.6) is 0 Å². The van der Waals surface area contributed by atoms with Crippen molar-refractivity contribution in [3.8, 4) is 0 Å². The van der Waals surface area contributed by atoms with E-state index in [1.807, 2.05) is 35.7 Å². The standard InChI is InChI=1S/C25H25N3O2S3/c29-22(17-7-4-11-26-15-17)28-24-21(19-9-1-2-10-20(19)33-24)23(30)27-18-8-3-6-16(14-18)25-31-12-5-13-32-25/h3-4,6-8,11,14-15,25H,1-2,5,9-10,12-13H2,(H,27,30)(H,28,29). The molecule has 5 rings (SSSR count). The van der Waals surface area contributed by atoms with Gasteiger partial charge in [-0.05, 0) is 79.0 Å². The quantitative estimate of drug-likeness (QED) is 0.429. The van der Waals surface area contributed by atoms with Crippen LogP contribution in [0.4, 0.5) is 10.7 Å². The Kier molecular flexibility index (Phi) is 7.04. The normalized spacial score (nSPS) is 16.1. The van der Waals surface area contributed by atoms with Crippen LogP contribution in [0, 0.1) is 0 Å². The predicted molar refractivity (Wildman–Crippen MR) is 140 cm³/mol. The van der Waals surface area contributed by atoms with Crippen LogP contribution in [0.15, 0.2) is 48.8 Å². The lowest BCUT2D eigenvalue weighted by atomic mass is 9.95. The van der Waals surface area contributed by atoms with Crippen molar-refractivity contribution < 1.29 is 9.59 Å². The van der Waals surface area contributed by atoms with Crippen molar-refractivity contribution in [3.63, 3.8) is 0 Å². The van der Waals surface area contributed by atoms with Crippen LogP contribution in [-0.2, 0) is 12.8 Å². The lowest BCUT2D eigenvalue weighted by molar-refractivity contribution is 0.102. The topological polar surface area (TPSA) is 71.1 Å². The van der Waals surface area contributed by atoms with Gasteiger partial charge in [0.25, 0.3) is 11.8 Å². The average Bonchev–Trinajstić information content (AvgIpc) is 3.23. The zero-order valence-electron chi connectivity index (χ0n) is 18.1. The first kappa shape index (κ1) is 22.5. The molecule has 0 saturated carbocycles. The summed E-state index contributed by atoms with van der Waals surface area (Å²) in [7, 11) is 0. The van der Waals surface area contributed by atoms with E-state index in [0.29, 0.717) is 20.7 Å². The van der Waals surface area contributed by atoms with Crippen LogP contribution in [0.3, 0.4) is 0 Å². The molecule has 2 aliphatic rings. The molecule has 33 heavy (non-hydrogen) atoms. The summed E-state index contributed by atoms with van der Waals surface area (Å²) in [5.41, 5.74) is 4.20. The number of benzene rings is 1. The number of thiophene rings is 1. The third-order valence-corrected chi connectivity index (χ3v) is 10.0. The van der Waals surface area contributed by atoms with E-state index in [9.17, 15) is 9.59 Å². The molecule has 0 radical (unpaired) electrons. The summed E-state index contributed by atoms with van der Waals surface area (Å²) in [5, 5.41) is 6.73. The predicted octanol–water partition coefficient (Wildman–Crippen LogP) is 6.40. The first-order valence-corrected chi connectivity index (χ1v) is 14.1. The van der Waals surface area contributed by atoms with Crippen molar-refractivity contribution >= 4 is 57.4 Å². The molecule has 1 fully saturated rings. The summed E-state index contributed by atoms with van der Waals surface area (Å²) < 4.78 is 0.416. The van der Waals surface area contributed by atoms with Crippen molar-refractivity contribution in [3.05, 3.63) is 75.9 Å². The monoisotopic (exact) mass is 495 g/mol. The maximum Gasteiger partial charge on any atom is 0.258 e. The van der Waals surface area contributed by atoms with Gasteiger partial charge in [-0.25, -0.2) is 0 Å². The molecule has 1 aliphatic carbocycles. The van der Waals surface area contributed by atoms with Crippen LogP contribution in [0.25, 0.3) is 0 Å². The average molecular weight is 496 g/mol. The van der Waals surface area contributed by atoms with E-state index in [4.69, 9.17) is 0 Å². The molecule has 1 saturated heterocycles. The molecule has 3 aromatic rings. The molecule has 3 heterocycles. The number of amides is 2. The van der Waals surface area contributed by atoms with E-state index >= 15 is 0 Å². The van der Waals surface area contributed by atoms with Gasteiger partial charge >= 0.3 is 0 Å². The molecule has 170 valence electrons. The Morgan fingerprint density at radius 1 is 0.939 bits per heavy atom. The number of aromatic nitrogens is 1. The van der Waals surface area contributed by atoms with Gasteiger partial charge in [0.1, 0.15) is 5.00 Å². The lowest BCUT2D eigenvalue weighted by Gasteiger charge is -2.21. The number of thioether (sulfide) groups is 2. The van der Waals surface area contributed by atoms with Gasteiger partial charge in [0, 0.05) is 23.0 Å². The summed E-state index contributed by atoms with van der Waals surface area (Å²) in [6, 6.07) is 11.6. The van der Waals surface area contributed by atoms with Crippen molar-refractivity contribution in [2.45, 2.75) is 36.7 Å². The minimum Gasteiger partial charge on any atom is -0.322 e. The SMILES string of the molecule is O=C(Nc1sc2c(c1C(=O)Nc1cccc(C3SCCCS3)c1)CCCC2)c1cccnc1. The number of nitrogens with zero attached hydrogens (tertiary/aromatic N) is 1. The number of anilines is 2. The second-order valence-electron chi connectivity index (χ2n) is 8.12. The molecule has 8 heteroatoms. The van der Waals surface area contributed by atoms with Gasteiger partial charge in [-0.1, -0.05) is 12.1 Å².